The van der Waals surface area contributed by atoms with E-state index in [1.165, 1.54) is 31.1 Å². The largest absolute Gasteiger partial charge is 0.332 e. The average Bonchev–Trinajstić information content (AvgIpc) is 2.93. The minimum Gasteiger partial charge on any atom is -0.311 e. The lowest BCUT2D eigenvalue weighted by atomic mass is 10.5. The van der Waals surface area contributed by atoms with Crippen LogP contribution < -0.4 is 16.6 Å². The fourth-order valence-electron chi connectivity index (χ4n) is 1.43. The van der Waals surface area contributed by atoms with Gasteiger partial charge in [0, 0.05) is 20.2 Å². The molecule has 2 aromatic rings. The average molecular weight is 296 g/mol. The van der Waals surface area contributed by atoms with Gasteiger partial charge in [-0.2, -0.15) is 5.10 Å². The fourth-order valence-corrected chi connectivity index (χ4v) is 2.01. The molecule has 2 heterocycles. The van der Waals surface area contributed by atoms with Gasteiger partial charge in [-0.3, -0.25) is 23.8 Å². The first kappa shape index (κ1) is 14.1. The number of aromatic nitrogens is 5. The number of H-pyrrole nitrogens is 1. The lowest BCUT2D eigenvalue weighted by molar-refractivity contribution is -0.113. The molecule has 0 fully saturated rings. The van der Waals surface area contributed by atoms with Crippen LogP contribution in [0.4, 0.5) is 5.82 Å². The SMILES string of the molecule is Cn1c(NC(=O)CSc2ncn[nH]2)cc(=O)n(C)c1=O. The van der Waals surface area contributed by atoms with Crippen LogP contribution >= 0.6 is 11.8 Å². The van der Waals surface area contributed by atoms with E-state index in [9.17, 15) is 14.4 Å². The van der Waals surface area contributed by atoms with E-state index in [1.54, 1.807) is 0 Å². The number of carbonyl (C=O) groups excluding carboxylic acids is 1. The third-order valence-electron chi connectivity index (χ3n) is 2.53. The first-order chi connectivity index (χ1) is 9.49. The monoisotopic (exact) mass is 296 g/mol. The lowest BCUT2D eigenvalue weighted by Gasteiger charge is -2.10. The molecule has 0 bridgehead atoms. The highest BCUT2D eigenvalue weighted by atomic mass is 32.2. The van der Waals surface area contributed by atoms with Crippen LogP contribution in [-0.2, 0) is 18.9 Å². The zero-order chi connectivity index (χ0) is 14.7. The maximum absolute atomic E-state index is 11.7. The standard InChI is InChI=1S/C10H12N6O3S/c1-15-6(3-8(18)16(2)10(15)19)13-7(17)4-20-9-11-5-12-14-9/h3,5H,4H2,1-2H3,(H,13,17)(H,11,12,14). The Morgan fingerprint density at radius 3 is 2.80 bits per heavy atom. The molecule has 0 unspecified atom stereocenters. The van der Waals surface area contributed by atoms with Gasteiger partial charge in [-0.15, -0.1) is 0 Å². The van der Waals surface area contributed by atoms with Crippen molar-refractivity contribution in [3.63, 3.8) is 0 Å². The molecule has 0 spiro atoms. The molecule has 10 heteroatoms. The number of anilines is 1. The molecule has 106 valence electrons. The third kappa shape index (κ3) is 2.96. The lowest BCUT2D eigenvalue weighted by Crippen LogP contribution is -2.38. The second kappa shape index (κ2) is 5.74. The van der Waals surface area contributed by atoms with Crippen molar-refractivity contribution < 1.29 is 4.79 Å². The molecule has 2 aromatic heterocycles. The molecule has 2 rings (SSSR count). The molecule has 2 N–H and O–H groups in total. The first-order valence-corrected chi connectivity index (χ1v) is 6.52. The molecule has 20 heavy (non-hydrogen) atoms. The van der Waals surface area contributed by atoms with Crippen molar-refractivity contribution in [1.29, 1.82) is 0 Å². The predicted molar refractivity (Wildman–Crippen MR) is 72.7 cm³/mol. The quantitative estimate of drug-likeness (QED) is 0.694. The molecule has 0 aromatic carbocycles. The van der Waals surface area contributed by atoms with Crippen LogP contribution in [0.2, 0.25) is 0 Å². The number of nitrogens with one attached hydrogen (secondary N) is 2. The smallest absolute Gasteiger partial charge is 0.311 e. The second-order valence-electron chi connectivity index (χ2n) is 3.90. The summed E-state index contributed by atoms with van der Waals surface area (Å²) in [6.07, 6.45) is 1.34. The molecule has 0 aliphatic heterocycles. The molecular formula is C10H12N6O3S. The molecule has 0 saturated heterocycles. The molecule has 1 amide bonds. The van der Waals surface area contributed by atoms with Crippen molar-refractivity contribution in [2.45, 2.75) is 5.16 Å². The summed E-state index contributed by atoms with van der Waals surface area (Å²) in [6, 6.07) is 1.19. The molecule has 0 aliphatic rings. The van der Waals surface area contributed by atoms with Gasteiger partial charge < -0.3 is 5.32 Å². The highest BCUT2D eigenvalue weighted by molar-refractivity contribution is 7.99. The summed E-state index contributed by atoms with van der Waals surface area (Å²) < 4.78 is 2.15. The van der Waals surface area contributed by atoms with Gasteiger partial charge in [0.1, 0.15) is 12.1 Å². The molecular weight excluding hydrogens is 284 g/mol. The van der Waals surface area contributed by atoms with Gasteiger partial charge in [0.05, 0.1) is 5.75 Å². The maximum Gasteiger partial charge on any atom is 0.332 e. The van der Waals surface area contributed by atoms with Crippen molar-refractivity contribution in [3.05, 3.63) is 33.2 Å². The highest BCUT2D eigenvalue weighted by Crippen LogP contribution is 2.10. The van der Waals surface area contributed by atoms with Crippen molar-refractivity contribution in [3.8, 4) is 0 Å². The summed E-state index contributed by atoms with van der Waals surface area (Å²) in [5.41, 5.74) is -0.984. The molecule has 0 aliphatic carbocycles. The topological polar surface area (TPSA) is 115 Å². The first-order valence-electron chi connectivity index (χ1n) is 5.54. The number of hydrogen-bond donors (Lipinski definition) is 2. The van der Waals surface area contributed by atoms with E-state index in [4.69, 9.17) is 0 Å². The Labute approximate surface area is 117 Å². The minimum atomic E-state index is -0.504. The Morgan fingerprint density at radius 1 is 1.40 bits per heavy atom. The van der Waals surface area contributed by atoms with Gasteiger partial charge in [-0.05, 0) is 0 Å². The number of carbonyl (C=O) groups is 1. The van der Waals surface area contributed by atoms with Gasteiger partial charge in [-0.25, -0.2) is 9.78 Å². The number of rotatable bonds is 4. The van der Waals surface area contributed by atoms with Gasteiger partial charge in [-0.1, -0.05) is 11.8 Å². The Balaban J connectivity index is 2.08. The zero-order valence-corrected chi connectivity index (χ0v) is 11.6. The maximum atomic E-state index is 11.7. The van der Waals surface area contributed by atoms with Gasteiger partial charge in [0.25, 0.3) is 5.56 Å². The van der Waals surface area contributed by atoms with E-state index < -0.39 is 11.2 Å². The van der Waals surface area contributed by atoms with Crippen LogP contribution in [0.25, 0.3) is 0 Å². The van der Waals surface area contributed by atoms with Crippen LogP contribution in [0.15, 0.2) is 27.1 Å². The summed E-state index contributed by atoms with van der Waals surface area (Å²) in [5, 5.41) is 9.28. The van der Waals surface area contributed by atoms with Gasteiger partial charge in [0.2, 0.25) is 5.91 Å². The van der Waals surface area contributed by atoms with Crippen molar-refractivity contribution in [2.24, 2.45) is 14.1 Å². The minimum absolute atomic E-state index is 0.0819. The van der Waals surface area contributed by atoms with Gasteiger partial charge >= 0.3 is 5.69 Å². The van der Waals surface area contributed by atoms with E-state index in [-0.39, 0.29) is 17.5 Å². The van der Waals surface area contributed by atoms with E-state index >= 15 is 0 Å². The number of nitrogens with zero attached hydrogens (tertiary/aromatic N) is 4. The van der Waals surface area contributed by atoms with Gasteiger partial charge in [0.15, 0.2) is 5.16 Å². The summed E-state index contributed by atoms with van der Waals surface area (Å²) in [6.45, 7) is 0. The van der Waals surface area contributed by atoms with E-state index in [0.717, 1.165) is 16.3 Å². The number of amides is 1. The van der Waals surface area contributed by atoms with E-state index in [0.29, 0.717) is 5.16 Å². The third-order valence-corrected chi connectivity index (χ3v) is 3.40. The van der Waals surface area contributed by atoms with Crippen LogP contribution in [0.5, 0.6) is 0 Å². The second-order valence-corrected chi connectivity index (χ2v) is 4.86. The summed E-state index contributed by atoms with van der Waals surface area (Å²) in [7, 11) is 2.84. The summed E-state index contributed by atoms with van der Waals surface area (Å²) in [5.74, 6) is -0.116. The zero-order valence-electron chi connectivity index (χ0n) is 10.8. The van der Waals surface area contributed by atoms with Crippen LogP contribution in [0.3, 0.4) is 0 Å². The van der Waals surface area contributed by atoms with Crippen molar-refractivity contribution in [2.75, 3.05) is 11.1 Å². The van der Waals surface area contributed by atoms with Crippen LogP contribution in [-0.4, -0.2) is 36.0 Å². The van der Waals surface area contributed by atoms with Crippen molar-refractivity contribution >= 4 is 23.5 Å². The Morgan fingerprint density at radius 2 is 2.15 bits per heavy atom. The molecule has 0 radical (unpaired) electrons. The molecule has 0 saturated carbocycles. The number of thioether (sulfide) groups is 1. The molecule has 9 nitrogen and oxygen atoms in total. The Kier molecular flexibility index (Phi) is 4.03. The highest BCUT2D eigenvalue weighted by Gasteiger charge is 2.10. The van der Waals surface area contributed by atoms with E-state index in [2.05, 4.69) is 20.5 Å². The molecule has 0 atom stereocenters. The number of aromatic amines is 1. The Bertz CT molecular complexity index is 732. The summed E-state index contributed by atoms with van der Waals surface area (Å²) in [4.78, 5) is 38.8. The number of hydrogen-bond acceptors (Lipinski definition) is 6. The predicted octanol–water partition coefficient (Wildman–Crippen LogP) is -1.07. The van der Waals surface area contributed by atoms with Crippen LogP contribution in [0, 0.1) is 0 Å². The van der Waals surface area contributed by atoms with Crippen LogP contribution in [0.1, 0.15) is 0 Å². The van der Waals surface area contributed by atoms with E-state index in [1.807, 2.05) is 0 Å². The fraction of sp³-hybridized carbons (Fsp3) is 0.300. The Hall–Kier alpha value is -2.36. The summed E-state index contributed by atoms with van der Waals surface area (Å²) >= 11 is 1.16. The normalized spacial score (nSPS) is 10.5. The van der Waals surface area contributed by atoms with Crippen molar-refractivity contribution in [1.82, 2.24) is 24.3 Å².